The molecule has 2 rings (SSSR count). The third kappa shape index (κ3) is 3.36. The summed E-state index contributed by atoms with van der Waals surface area (Å²) in [6.07, 6.45) is 4.05. The van der Waals surface area contributed by atoms with Crippen LogP contribution in [-0.2, 0) is 16.0 Å². The van der Waals surface area contributed by atoms with Gasteiger partial charge in [0.05, 0.1) is 11.9 Å². The lowest BCUT2D eigenvalue weighted by molar-refractivity contribution is -0.133. The summed E-state index contributed by atoms with van der Waals surface area (Å²) in [6.45, 7) is 0.833. The lowest BCUT2D eigenvalue weighted by Crippen LogP contribution is -2.16. The predicted molar refractivity (Wildman–Crippen MR) is 65.8 cm³/mol. The maximum Gasteiger partial charge on any atom is 0.313 e. The van der Waals surface area contributed by atoms with E-state index in [1.54, 1.807) is 0 Å². The number of aromatic nitrogens is 3. The molecule has 0 radical (unpaired) electrons. The van der Waals surface area contributed by atoms with Crippen LogP contribution < -0.4 is 5.84 Å². The minimum Gasteiger partial charge on any atom is -0.481 e. The van der Waals surface area contributed by atoms with Gasteiger partial charge in [-0.05, 0) is 19.3 Å². The van der Waals surface area contributed by atoms with Crippen LogP contribution in [0.2, 0.25) is 0 Å². The van der Waals surface area contributed by atoms with Crippen molar-refractivity contribution in [2.75, 3.05) is 18.2 Å². The summed E-state index contributed by atoms with van der Waals surface area (Å²) in [5.74, 6) is 5.51. The number of aryl methyl sites for hydroxylation is 1. The van der Waals surface area contributed by atoms with Gasteiger partial charge in [-0.25, -0.2) is 4.68 Å². The van der Waals surface area contributed by atoms with Gasteiger partial charge in [-0.15, -0.1) is 10.2 Å². The number of thioether (sulfide) groups is 1. The number of carboxylic acids is 1. The highest BCUT2D eigenvalue weighted by atomic mass is 32.2. The van der Waals surface area contributed by atoms with Gasteiger partial charge < -0.3 is 15.7 Å². The van der Waals surface area contributed by atoms with E-state index in [1.807, 2.05) is 0 Å². The van der Waals surface area contributed by atoms with Crippen LogP contribution in [0.5, 0.6) is 0 Å². The maximum absolute atomic E-state index is 10.5. The van der Waals surface area contributed by atoms with Gasteiger partial charge >= 0.3 is 5.97 Å². The first-order chi connectivity index (χ1) is 8.66. The molecule has 100 valence electrons. The van der Waals surface area contributed by atoms with Crippen molar-refractivity contribution in [3.8, 4) is 0 Å². The Hall–Kier alpha value is -1.28. The molecule has 0 saturated carbocycles. The summed E-state index contributed by atoms with van der Waals surface area (Å²) in [5.41, 5.74) is 0. The van der Waals surface area contributed by atoms with Crippen LogP contribution in [0, 0.1) is 0 Å². The molecule has 7 nitrogen and oxygen atoms in total. The standard InChI is InChI=1S/C10H16N4O3S/c11-14-8(4-3-7-2-1-5-17-7)12-13-10(14)18-6-9(15)16/h7H,1-6,11H2,(H,15,16). The van der Waals surface area contributed by atoms with Crippen molar-refractivity contribution >= 4 is 17.7 Å². The predicted octanol–water partition coefficient (Wildman–Crippen LogP) is 0.280. The summed E-state index contributed by atoms with van der Waals surface area (Å²) in [7, 11) is 0. The first-order valence-electron chi connectivity index (χ1n) is 5.82. The zero-order valence-electron chi connectivity index (χ0n) is 9.91. The molecule has 0 spiro atoms. The van der Waals surface area contributed by atoms with Crippen molar-refractivity contribution in [1.29, 1.82) is 0 Å². The van der Waals surface area contributed by atoms with E-state index in [1.165, 1.54) is 4.68 Å². The Morgan fingerprint density at radius 3 is 3.11 bits per heavy atom. The molecule has 8 heteroatoms. The van der Waals surface area contributed by atoms with Crippen molar-refractivity contribution < 1.29 is 14.6 Å². The van der Waals surface area contributed by atoms with Crippen molar-refractivity contribution in [3.05, 3.63) is 5.82 Å². The van der Waals surface area contributed by atoms with Gasteiger partial charge in [0.1, 0.15) is 0 Å². The zero-order valence-corrected chi connectivity index (χ0v) is 10.7. The van der Waals surface area contributed by atoms with Crippen molar-refractivity contribution in [1.82, 2.24) is 14.9 Å². The SMILES string of the molecule is Nn1c(CCC2CCCO2)nnc1SCC(=O)O. The smallest absolute Gasteiger partial charge is 0.313 e. The summed E-state index contributed by atoms with van der Waals surface area (Å²) in [5, 5.41) is 16.9. The van der Waals surface area contributed by atoms with E-state index in [9.17, 15) is 4.79 Å². The molecular formula is C10H16N4O3S. The largest absolute Gasteiger partial charge is 0.481 e. The van der Waals surface area contributed by atoms with Gasteiger partial charge in [0.2, 0.25) is 5.16 Å². The number of aliphatic carboxylic acids is 1. The van der Waals surface area contributed by atoms with E-state index in [0.29, 0.717) is 17.4 Å². The molecule has 1 atom stereocenters. The van der Waals surface area contributed by atoms with E-state index < -0.39 is 5.97 Å². The van der Waals surface area contributed by atoms with E-state index in [4.69, 9.17) is 15.7 Å². The fourth-order valence-corrected chi connectivity index (χ4v) is 2.46. The molecule has 1 aliphatic heterocycles. The normalized spacial score (nSPS) is 19.2. The molecular weight excluding hydrogens is 256 g/mol. The average Bonchev–Trinajstić information content (AvgIpc) is 2.94. The Labute approximate surface area is 109 Å². The highest BCUT2D eigenvalue weighted by Crippen LogP contribution is 2.19. The first-order valence-corrected chi connectivity index (χ1v) is 6.81. The fourth-order valence-electron chi connectivity index (χ4n) is 1.86. The molecule has 0 amide bonds. The molecule has 1 aliphatic rings. The van der Waals surface area contributed by atoms with Gasteiger partial charge in [0, 0.05) is 13.0 Å². The summed E-state index contributed by atoms with van der Waals surface area (Å²) in [4.78, 5) is 10.5. The van der Waals surface area contributed by atoms with Crippen LogP contribution in [0.1, 0.15) is 25.1 Å². The van der Waals surface area contributed by atoms with Gasteiger partial charge in [-0.2, -0.15) is 0 Å². The number of nitrogens with zero attached hydrogens (tertiary/aromatic N) is 3. The molecule has 0 aromatic carbocycles. The van der Waals surface area contributed by atoms with Crippen LogP contribution in [0.15, 0.2) is 5.16 Å². The van der Waals surface area contributed by atoms with Crippen LogP contribution >= 0.6 is 11.8 Å². The summed E-state index contributed by atoms with van der Waals surface area (Å²) in [6, 6.07) is 0. The number of carboxylic acid groups (broad SMARTS) is 1. The van der Waals surface area contributed by atoms with Crippen molar-refractivity contribution in [2.24, 2.45) is 0 Å². The third-order valence-electron chi connectivity index (χ3n) is 2.77. The second kappa shape index (κ2) is 6.05. The second-order valence-corrected chi connectivity index (χ2v) is 5.07. The quantitative estimate of drug-likeness (QED) is 0.566. The second-order valence-electron chi connectivity index (χ2n) is 4.12. The van der Waals surface area contributed by atoms with Gasteiger partial charge in [0.25, 0.3) is 0 Å². The number of hydrogen-bond donors (Lipinski definition) is 2. The Balaban J connectivity index is 1.86. The minimum atomic E-state index is -0.899. The van der Waals surface area contributed by atoms with E-state index in [2.05, 4.69) is 10.2 Å². The highest BCUT2D eigenvalue weighted by Gasteiger charge is 2.18. The number of carbonyl (C=O) groups is 1. The van der Waals surface area contributed by atoms with Crippen molar-refractivity contribution in [2.45, 2.75) is 36.9 Å². The molecule has 1 aromatic rings. The molecule has 1 saturated heterocycles. The topological polar surface area (TPSA) is 103 Å². The van der Waals surface area contributed by atoms with Crippen molar-refractivity contribution in [3.63, 3.8) is 0 Å². The number of rotatable bonds is 6. The number of ether oxygens (including phenoxy) is 1. The summed E-state index contributed by atoms with van der Waals surface area (Å²) >= 11 is 1.07. The third-order valence-corrected chi connectivity index (χ3v) is 3.70. The highest BCUT2D eigenvalue weighted by molar-refractivity contribution is 7.99. The minimum absolute atomic E-state index is 0.0684. The Kier molecular flexibility index (Phi) is 4.43. The van der Waals surface area contributed by atoms with Gasteiger partial charge in [-0.3, -0.25) is 4.79 Å². The molecule has 1 fully saturated rings. The summed E-state index contributed by atoms with van der Waals surface area (Å²) < 4.78 is 6.88. The Bertz CT molecular complexity index is 417. The maximum atomic E-state index is 10.5. The average molecular weight is 272 g/mol. The molecule has 0 bridgehead atoms. The van der Waals surface area contributed by atoms with E-state index in [0.717, 1.165) is 37.6 Å². The van der Waals surface area contributed by atoms with Crippen LogP contribution in [0.3, 0.4) is 0 Å². The molecule has 3 N–H and O–H groups in total. The Morgan fingerprint density at radius 2 is 2.44 bits per heavy atom. The fraction of sp³-hybridized carbons (Fsp3) is 0.700. The number of hydrogen-bond acceptors (Lipinski definition) is 6. The number of nitrogens with two attached hydrogens (primary N) is 1. The Morgan fingerprint density at radius 1 is 1.61 bits per heavy atom. The first kappa shape index (κ1) is 13.2. The monoisotopic (exact) mass is 272 g/mol. The molecule has 1 unspecified atom stereocenters. The van der Waals surface area contributed by atoms with Crippen LogP contribution in [0.25, 0.3) is 0 Å². The lowest BCUT2D eigenvalue weighted by Gasteiger charge is -2.08. The van der Waals surface area contributed by atoms with E-state index in [-0.39, 0.29) is 11.9 Å². The molecule has 1 aromatic heterocycles. The molecule has 18 heavy (non-hydrogen) atoms. The molecule has 0 aliphatic carbocycles. The lowest BCUT2D eigenvalue weighted by atomic mass is 10.1. The number of nitrogen functional groups attached to an aromatic ring is 1. The van der Waals surface area contributed by atoms with E-state index >= 15 is 0 Å². The van der Waals surface area contributed by atoms with Gasteiger partial charge in [0.15, 0.2) is 5.82 Å². The molecule has 2 heterocycles. The van der Waals surface area contributed by atoms with Crippen LogP contribution in [0.4, 0.5) is 0 Å². The zero-order chi connectivity index (χ0) is 13.0. The van der Waals surface area contributed by atoms with Crippen LogP contribution in [-0.4, -0.2) is 44.4 Å². The van der Waals surface area contributed by atoms with Gasteiger partial charge in [-0.1, -0.05) is 11.8 Å².